The first-order valence-corrected chi connectivity index (χ1v) is 12.4. The van der Waals surface area contributed by atoms with Crippen molar-refractivity contribution in [3.05, 3.63) is 47.0 Å². The quantitative estimate of drug-likeness (QED) is 0.294. The van der Waals surface area contributed by atoms with Crippen molar-refractivity contribution in [3.63, 3.8) is 0 Å². The molecule has 0 spiro atoms. The van der Waals surface area contributed by atoms with Gasteiger partial charge in [0.2, 0.25) is 0 Å². The fraction of sp³-hybridized carbons (Fsp3) is 0.643. The van der Waals surface area contributed by atoms with Gasteiger partial charge in [-0.25, -0.2) is 0 Å². The van der Waals surface area contributed by atoms with Gasteiger partial charge in [0.25, 0.3) is 0 Å². The van der Waals surface area contributed by atoms with Crippen molar-refractivity contribution in [3.8, 4) is 0 Å². The number of fused-ring (bicyclic) bond motifs is 1. The summed E-state index contributed by atoms with van der Waals surface area (Å²) in [5.74, 6) is 0. The first kappa shape index (κ1) is 26.7. The van der Waals surface area contributed by atoms with E-state index in [-0.39, 0.29) is 11.5 Å². The van der Waals surface area contributed by atoms with E-state index in [1.165, 1.54) is 111 Å². The van der Waals surface area contributed by atoms with Crippen molar-refractivity contribution in [1.29, 1.82) is 0 Å². The van der Waals surface area contributed by atoms with E-state index in [1.807, 2.05) is 0 Å². The molecular weight excluding hydrogens is 366 g/mol. The molecule has 0 fully saturated rings. The van der Waals surface area contributed by atoms with E-state index in [2.05, 4.69) is 51.1 Å². The number of hydrogen-bond acceptors (Lipinski definition) is 1. The Bertz CT molecular complexity index is 709. The molecule has 4 N–H and O–H groups in total. The highest BCUT2D eigenvalue weighted by molar-refractivity contribution is 5.88. The highest BCUT2D eigenvalue weighted by Gasteiger charge is 2.14. The van der Waals surface area contributed by atoms with Gasteiger partial charge in [0, 0.05) is 6.04 Å². The second-order valence-electron chi connectivity index (χ2n) is 9.09. The van der Waals surface area contributed by atoms with Crippen LogP contribution in [0.3, 0.4) is 0 Å². The zero-order valence-electron chi connectivity index (χ0n) is 19.9. The topological polar surface area (TPSA) is 57.5 Å². The molecule has 0 saturated heterocycles. The molecular formula is C28H47NO. The Balaban J connectivity index is 0.00000450. The molecule has 170 valence electrons. The second-order valence-corrected chi connectivity index (χ2v) is 9.09. The van der Waals surface area contributed by atoms with Crippen molar-refractivity contribution in [2.75, 3.05) is 0 Å². The average molecular weight is 414 g/mol. The van der Waals surface area contributed by atoms with Gasteiger partial charge in [-0.1, -0.05) is 121 Å². The lowest BCUT2D eigenvalue weighted by molar-refractivity contribution is 0.522. The Morgan fingerprint density at radius 3 is 1.80 bits per heavy atom. The van der Waals surface area contributed by atoms with E-state index in [0.29, 0.717) is 0 Å². The van der Waals surface area contributed by atoms with Crippen molar-refractivity contribution in [2.24, 2.45) is 5.73 Å². The summed E-state index contributed by atoms with van der Waals surface area (Å²) in [6, 6.07) is 11.2. The fourth-order valence-corrected chi connectivity index (χ4v) is 4.63. The van der Waals surface area contributed by atoms with Gasteiger partial charge in [-0.15, -0.1) is 0 Å². The molecule has 0 radical (unpaired) electrons. The third-order valence-corrected chi connectivity index (χ3v) is 6.61. The minimum absolute atomic E-state index is 0. The van der Waals surface area contributed by atoms with Crippen LogP contribution in [0.2, 0.25) is 0 Å². The van der Waals surface area contributed by atoms with E-state index in [1.54, 1.807) is 0 Å². The molecule has 1 unspecified atom stereocenters. The lowest BCUT2D eigenvalue weighted by Crippen LogP contribution is -2.13. The van der Waals surface area contributed by atoms with Gasteiger partial charge in [-0.05, 0) is 47.7 Å². The summed E-state index contributed by atoms with van der Waals surface area (Å²) < 4.78 is 0. The number of aryl methyl sites for hydroxylation is 1. The van der Waals surface area contributed by atoms with E-state index >= 15 is 0 Å². The van der Waals surface area contributed by atoms with Crippen LogP contribution < -0.4 is 5.73 Å². The van der Waals surface area contributed by atoms with Gasteiger partial charge in [0.05, 0.1) is 0 Å². The highest BCUT2D eigenvalue weighted by atomic mass is 16.0. The first-order valence-electron chi connectivity index (χ1n) is 12.4. The summed E-state index contributed by atoms with van der Waals surface area (Å²) in [4.78, 5) is 0. The lowest BCUT2D eigenvalue weighted by atomic mass is 9.89. The standard InChI is InChI=1S/C28H45N.H2O/c1-4-5-6-7-8-9-10-11-12-13-14-15-16-21-27(29)28-24(3)23(2)22-25-19-17-18-20-26(25)28;/h17-20,22,27H,4-16,21,29H2,1-3H3;1H2. The average Bonchev–Trinajstić information content (AvgIpc) is 2.72. The summed E-state index contributed by atoms with van der Waals surface area (Å²) in [6.07, 6.45) is 19.3. The Labute approximate surface area is 186 Å². The summed E-state index contributed by atoms with van der Waals surface area (Å²) in [7, 11) is 0. The smallest absolute Gasteiger partial charge is 0.0303 e. The maximum absolute atomic E-state index is 6.67. The van der Waals surface area contributed by atoms with Crippen LogP contribution in [0, 0.1) is 13.8 Å². The van der Waals surface area contributed by atoms with Crippen LogP contribution >= 0.6 is 0 Å². The number of unbranched alkanes of at least 4 members (excludes halogenated alkanes) is 12. The largest absolute Gasteiger partial charge is 0.412 e. The number of nitrogens with two attached hydrogens (primary N) is 1. The number of hydrogen-bond donors (Lipinski definition) is 1. The van der Waals surface area contributed by atoms with E-state index < -0.39 is 0 Å². The van der Waals surface area contributed by atoms with Crippen molar-refractivity contribution < 1.29 is 5.48 Å². The summed E-state index contributed by atoms with van der Waals surface area (Å²) in [6.45, 7) is 6.74. The lowest BCUT2D eigenvalue weighted by Gasteiger charge is -2.19. The monoisotopic (exact) mass is 413 g/mol. The molecule has 0 heterocycles. The predicted molar refractivity (Wildman–Crippen MR) is 134 cm³/mol. The highest BCUT2D eigenvalue weighted by Crippen LogP contribution is 2.31. The molecule has 0 amide bonds. The van der Waals surface area contributed by atoms with Crippen LogP contribution in [-0.4, -0.2) is 5.48 Å². The minimum Gasteiger partial charge on any atom is -0.412 e. The van der Waals surface area contributed by atoms with E-state index in [9.17, 15) is 0 Å². The summed E-state index contributed by atoms with van der Waals surface area (Å²) >= 11 is 0. The van der Waals surface area contributed by atoms with Crippen LogP contribution in [0.1, 0.15) is 120 Å². The van der Waals surface area contributed by atoms with E-state index in [4.69, 9.17) is 5.73 Å². The molecule has 0 bridgehead atoms. The van der Waals surface area contributed by atoms with Crippen LogP contribution in [0.25, 0.3) is 10.8 Å². The normalized spacial score (nSPS) is 12.1. The molecule has 2 heteroatoms. The molecule has 0 saturated carbocycles. The third-order valence-electron chi connectivity index (χ3n) is 6.61. The van der Waals surface area contributed by atoms with Gasteiger partial charge >= 0.3 is 0 Å². The van der Waals surface area contributed by atoms with Gasteiger partial charge in [0.1, 0.15) is 0 Å². The maximum Gasteiger partial charge on any atom is 0.0303 e. The molecule has 2 nitrogen and oxygen atoms in total. The third kappa shape index (κ3) is 8.78. The zero-order valence-corrected chi connectivity index (χ0v) is 19.9. The van der Waals surface area contributed by atoms with Crippen LogP contribution in [-0.2, 0) is 0 Å². The van der Waals surface area contributed by atoms with Crippen molar-refractivity contribution in [1.82, 2.24) is 0 Å². The van der Waals surface area contributed by atoms with Gasteiger partial charge in [-0.2, -0.15) is 0 Å². The number of rotatable bonds is 15. The molecule has 0 aliphatic rings. The molecule has 1 atom stereocenters. The van der Waals surface area contributed by atoms with Crippen LogP contribution in [0.15, 0.2) is 30.3 Å². The Kier molecular flexibility index (Phi) is 13.7. The van der Waals surface area contributed by atoms with Crippen LogP contribution in [0.4, 0.5) is 0 Å². The maximum atomic E-state index is 6.67. The van der Waals surface area contributed by atoms with E-state index in [0.717, 1.165) is 6.42 Å². The van der Waals surface area contributed by atoms with Crippen molar-refractivity contribution in [2.45, 2.75) is 117 Å². The number of benzene rings is 2. The zero-order chi connectivity index (χ0) is 20.9. The SMILES string of the molecule is CCCCCCCCCCCCCCCC(N)c1c(C)c(C)cc2ccccc12.O. The van der Waals surface area contributed by atoms with Crippen molar-refractivity contribution >= 4 is 10.8 Å². The Hall–Kier alpha value is -1.38. The Morgan fingerprint density at radius 1 is 0.733 bits per heavy atom. The van der Waals surface area contributed by atoms with Gasteiger partial charge < -0.3 is 11.2 Å². The minimum atomic E-state index is 0. The predicted octanol–water partition coefficient (Wildman–Crippen LogP) is 8.11. The first-order chi connectivity index (χ1) is 14.1. The van der Waals surface area contributed by atoms with Crippen LogP contribution in [0.5, 0.6) is 0 Å². The second kappa shape index (κ2) is 15.4. The molecule has 0 aliphatic heterocycles. The summed E-state index contributed by atoms with van der Waals surface area (Å²) in [5.41, 5.74) is 10.8. The molecule has 2 rings (SSSR count). The molecule has 2 aromatic carbocycles. The summed E-state index contributed by atoms with van der Waals surface area (Å²) in [5, 5.41) is 2.67. The molecule has 0 aliphatic carbocycles. The van der Waals surface area contributed by atoms with Gasteiger partial charge in [0.15, 0.2) is 0 Å². The fourth-order valence-electron chi connectivity index (χ4n) is 4.63. The molecule has 0 aromatic heterocycles. The molecule has 30 heavy (non-hydrogen) atoms. The Morgan fingerprint density at radius 2 is 1.23 bits per heavy atom. The molecule has 2 aromatic rings. The van der Waals surface area contributed by atoms with Gasteiger partial charge in [-0.3, -0.25) is 0 Å².